The lowest BCUT2D eigenvalue weighted by Gasteiger charge is -2.27. The minimum atomic E-state index is -0.00772. The Kier molecular flexibility index (Phi) is 9.59. The van der Waals surface area contributed by atoms with E-state index in [9.17, 15) is 0 Å². The number of aromatic nitrogens is 2. The molecule has 0 bridgehead atoms. The molecule has 4 N–H and O–H groups in total. The number of aliphatic imine (C=N–C) groups is 1. The number of pyridine rings is 2. The summed E-state index contributed by atoms with van der Waals surface area (Å²) in [5, 5.41) is 15.5. The van der Waals surface area contributed by atoms with Crippen molar-refractivity contribution in [2.75, 3.05) is 32.0 Å². The topological polar surface area (TPSA) is 121 Å². The number of hydrogen-bond acceptors (Lipinski definition) is 8. The van der Waals surface area contributed by atoms with Gasteiger partial charge in [-0.25, -0.2) is 9.97 Å². The molecular weight excluding hydrogens is 426 g/mol. The van der Waals surface area contributed by atoms with Gasteiger partial charge in [-0.15, -0.1) is 0 Å². The number of allylic oxidation sites excluding steroid dienone is 1. The van der Waals surface area contributed by atoms with E-state index < -0.39 is 0 Å². The zero-order chi connectivity index (χ0) is 24.0. The van der Waals surface area contributed by atoms with E-state index in [4.69, 9.17) is 15.7 Å². The number of hydrogen-bond donors (Lipinski definition) is 3. The summed E-state index contributed by atoms with van der Waals surface area (Å²) in [6.07, 6.45) is 7.51. The second-order valence-electron chi connectivity index (χ2n) is 7.48. The van der Waals surface area contributed by atoms with Crippen LogP contribution in [-0.4, -0.2) is 49.0 Å². The van der Waals surface area contributed by atoms with E-state index in [1.54, 1.807) is 31.7 Å². The van der Waals surface area contributed by atoms with Gasteiger partial charge in [0.1, 0.15) is 17.9 Å². The predicted octanol–water partition coefficient (Wildman–Crippen LogP) is 3.04. The first-order valence-electron chi connectivity index (χ1n) is 11.0. The van der Waals surface area contributed by atoms with E-state index in [0.29, 0.717) is 24.7 Å². The van der Waals surface area contributed by atoms with E-state index in [2.05, 4.69) is 25.6 Å². The molecule has 1 atom stereocenters. The van der Waals surface area contributed by atoms with E-state index in [1.807, 2.05) is 54.6 Å². The highest BCUT2D eigenvalue weighted by molar-refractivity contribution is 6.09. The second-order valence-corrected chi connectivity index (χ2v) is 7.48. The van der Waals surface area contributed by atoms with Gasteiger partial charge in [0, 0.05) is 49.5 Å². The number of nitriles is 1. The van der Waals surface area contributed by atoms with Crippen LogP contribution >= 0.6 is 0 Å². The summed E-state index contributed by atoms with van der Waals surface area (Å²) in [6.45, 7) is 2.19. The molecule has 0 saturated heterocycles. The van der Waals surface area contributed by atoms with Crippen LogP contribution in [0.2, 0.25) is 0 Å². The third kappa shape index (κ3) is 7.43. The van der Waals surface area contributed by atoms with Gasteiger partial charge in [0.25, 0.3) is 0 Å². The third-order valence-electron chi connectivity index (χ3n) is 5.00. The summed E-state index contributed by atoms with van der Waals surface area (Å²) in [4.78, 5) is 12.5. The molecule has 3 heterocycles. The Balaban J connectivity index is 0.000000469. The quantitative estimate of drug-likeness (QED) is 0.370. The van der Waals surface area contributed by atoms with Crippen molar-refractivity contribution in [3.05, 3.63) is 90.0 Å². The number of ether oxygens (including phenoxy) is 1. The van der Waals surface area contributed by atoms with E-state index >= 15 is 0 Å². The summed E-state index contributed by atoms with van der Waals surface area (Å²) >= 11 is 0. The Morgan fingerprint density at radius 3 is 2.62 bits per heavy atom. The molecule has 0 spiro atoms. The molecule has 1 aliphatic heterocycles. The lowest BCUT2D eigenvalue weighted by molar-refractivity contribution is 0.194. The van der Waals surface area contributed by atoms with Crippen LogP contribution in [0.15, 0.2) is 78.2 Å². The van der Waals surface area contributed by atoms with E-state index in [-0.39, 0.29) is 6.10 Å². The molecule has 0 fully saturated rings. The molecule has 1 unspecified atom stereocenters. The van der Waals surface area contributed by atoms with Gasteiger partial charge in [-0.3, -0.25) is 4.99 Å². The Bertz CT molecular complexity index is 1100. The van der Waals surface area contributed by atoms with Gasteiger partial charge in [-0.2, -0.15) is 5.26 Å². The lowest BCUT2D eigenvalue weighted by Crippen LogP contribution is -2.40. The molecule has 4 rings (SSSR count). The number of anilines is 1. The van der Waals surface area contributed by atoms with Gasteiger partial charge in [-0.1, -0.05) is 42.5 Å². The highest BCUT2D eigenvalue weighted by Gasteiger charge is 2.20. The van der Waals surface area contributed by atoms with Crippen LogP contribution in [0, 0.1) is 11.3 Å². The number of nitrogens with one attached hydrogen (secondary N) is 2. The van der Waals surface area contributed by atoms with Crippen molar-refractivity contribution in [2.24, 2.45) is 10.7 Å². The van der Waals surface area contributed by atoms with Gasteiger partial charge in [0.05, 0.1) is 12.2 Å². The Labute approximate surface area is 200 Å². The second kappa shape index (κ2) is 13.4. The van der Waals surface area contributed by atoms with Crippen LogP contribution in [0.3, 0.4) is 0 Å². The molecular formula is C26H29N7O. The van der Waals surface area contributed by atoms with Crippen molar-refractivity contribution in [3.8, 4) is 11.9 Å². The summed E-state index contributed by atoms with van der Waals surface area (Å²) in [6, 6.07) is 19.6. The van der Waals surface area contributed by atoms with Crippen molar-refractivity contribution >= 4 is 17.5 Å². The maximum atomic E-state index is 8.77. The fourth-order valence-corrected chi connectivity index (χ4v) is 3.24. The zero-order valence-corrected chi connectivity index (χ0v) is 19.2. The Morgan fingerprint density at radius 2 is 2.00 bits per heavy atom. The molecule has 1 aliphatic rings. The SMILES string of the molecule is CN=C/C(=C\N)c1cnc2c(c1)NCC(CNCCc1ccc(C#N)nc1)O2.c1ccccc1. The van der Waals surface area contributed by atoms with Crippen LogP contribution in [0.25, 0.3) is 5.57 Å². The van der Waals surface area contributed by atoms with Crippen LogP contribution in [0.1, 0.15) is 16.8 Å². The number of fused-ring (bicyclic) bond motifs is 1. The minimum Gasteiger partial charge on any atom is -0.470 e. The lowest BCUT2D eigenvalue weighted by atomic mass is 10.1. The number of nitrogens with zero attached hydrogens (tertiary/aromatic N) is 4. The minimum absolute atomic E-state index is 0.00772. The molecule has 3 aromatic rings. The highest BCUT2D eigenvalue weighted by Crippen LogP contribution is 2.29. The van der Waals surface area contributed by atoms with E-state index in [0.717, 1.165) is 35.4 Å². The smallest absolute Gasteiger partial charge is 0.237 e. The standard InChI is InChI=1S/C20H23N7O.C6H6/c1-23-10-16(7-21)15-6-19-20(27-11-15)28-18(13-26-19)12-24-5-4-14-2-3-17(8-22)25-9-14;1-2-4-6-5-3-1/h2-3,6-7,9-11,18,24,26H,4-5,12-13,21H2,1H3;1-6H/b16-7+,23-10?;. The van der Waals surface area contributed by atoms with Crippen LogP contribution in [0.4, 0.5) is 5.69 Å². The number of benzene rings is 1. The van der Waals surface area contributed by atoms with E-state index in [1.165, 1.54) is 6.20 Å². The Morgan fingerprint density at radius 1 is 1.24 bits per heavy atom. The average molecular weight is 456 g/mol. The summed E-state index contributed by atoms with van der Waals surface area (Å²) in [5.74, 6) is 0.586. The average Bonchev–Trinajstić information content (AvgIpc) is 2.91. The maximum Gasteiger partial charge on any atom is 0.237 e. The molecule has 0 saturated carbocycles. The maximum absolute atomic E-state index is 8.77. The van der Waals surface area contributed by atoms with Gasteiger partial charge in [0.15, 0.2) is 0 Å². The van der Waals surface area contributed by atoms with Crippen molar-refractivity contribution < 1.29 is 4.74 Å². The van der Waals surface area contributed by atoms with Crippen LogP contribution in [-0.2, 0) is 6.42 Å². The molecule has 0 aliphatic carbocycles. The zero-order valence-electron chi connectivity index (χ0n) is 19.2. The summed E-state index contributed by atoms with van der Waals surface area (Å²) < 4.78 is 5.97. The largest absolute Gasteiger partial charge is 0.470 e. The van der Waals surface area contributed by atoms with Gasteiger partial charge in [-0.05, 0) is 30.7 Å². The first kappa shape index (κ1) is 24.4. The Hall–Kier alpha value is -4.22. The van der Waals surface area contributed by atoms with Crippen molar-refractivity contribution in [1.29, 1.82) is 5.26 Å². The molecule has 0 radical (unpaired) electrons. The van der Waals surface area contributed by atoms with Crippen molar-refractivity contribution in [1.82, 2.24) is 15.3 Å². The van der Waals surface area contributed by atoms with Crippen molar-refractivity contribution in [2.45, 2.75) is 12.5 Å². The van der Waals surface area contributed by atoms with Gasteiger partial charge < -0.3 is 21.1 Å². The van der Waals surface area contributed by atoms with Crippen molar-refractivity contribution in [3.63, 3.8) is 0 Å². The normalized spacial score (nSPS) is 14.7. The molecule has 174 valence electrons. The number of nitrogens with two attached hydrogens (primary N) is 1. The fourth-order valence-electron chi connectivity index (χ4n) is 3.24. The van der Waals surface area contributed by atoms with Crippen LogP contribution < -0.4 is 21.1 Å². The molecule has 8 nitrogen and oxygen atoms in total. The molecule has 0 amide bonds. The summed E-state index contributed by atoms with van der Waals surface area (Å²) in [7, 11) is 1.70. The molecule has 1 aromatic carbocycles. The first-order valence-corrected chi connectivity index (χ1v) is 11.0. The highest BCUT2D eigenvalue weighted by atomic mass is 16.5. The fraction of sp³-hybridized carbons (Fsp3) is 0.231. The predicted molar refractivity (Wildman–Crippen MR) is 136 cm³/mol. The monoisotopic (exact) mass is 455 g/mol. The molecule has 34 heavy (non-hydrogen) atoms. The first-order chi connectivity index (χ1) is 16.7. The summed E-state index contributed by atoms with van der Waals surface area (Å²) in [5.41, 5.74) is 9.72. The number of rotatable bonds is 7. The van der Waals surface area contributed by atoms with Gasteiger partial charge >= 0.3 is 0 Å². The van der Waals surface area contributed by atoms with Crippen LogP contribution in [0.5, 0.6) is 5.88 Å². The third-order valence-corrected chi connectivity index (χ3v) is 5.00. The molecule has 8 heteroatoms. The molecule has 2 aromatic heterocycles. The van der Waals surface area contributed by atoms with Gasteiger partial charge in [0.2, 0.25) is 5.88 Å².